The number of aromatic carboxylic acids is 2. The number of quaternary nitrogens is 2. The summed E-state index contributed by atoms with van der Waals surface area (Å²) in [5.74, 6) is -2.00. The summed E-state index contributed by atoms with van der Waals surface area (Å²) in [6.07, 6.45) is 0. The zero-order chi connectivity index (χ0) is 21.4. The topological polar surface area (TPSA) is 265 Å². The number of carboxylic acids is 2. The number of anilines is 2. The van der Waals surface area contributed by atoms with E-state index in [2.05, 4.69) is 11.5 Å². The highest BCUT2D eigenvalue weighted by Crippen LogP contribution is 2.17. The molecule has 0 amide bonds. The summed E-state index contributed by atoms with van der Waals surface area (Å²) >= 11 is 0. The van der Waals surface area contributed by atoms with Crippen LogP contribution in [0.25, 0.3) is 0 Å². The molecule has 2 aromatic carbocycles. The largest absolute Gasteiger partial charge is 0.790 e. The van der Waals surface area contributed by atoms with Crippen molar-refractivity contribution in [3.05, 3.63) is 47.5 Å². The number of rotatable bonds is 2. The van der Waals surface area contributed by atoms with Crippen molar-refractivity contribution in [2.45, 2.75) is 0 Å². The molecular weight excluding hydrogens is 383 g/mol. The van der Waals surface area contributed by atoms with Gasteiger partial charge in [0.05, 0.1) is 19.2 Å². The van der Waals surface area contributed by atoms with Crippen molar-refractivity contribution in [3.8, 4) is 0 Å². The van der Waals surface area contributed by atoms with E-state index in [-0.39, 0.29) is 11.1 Å². The molecule has 0 fully saturated rings. The molecule has 0 saturated carbocycles. The molecule has 0 aliphatic heterocycles. The van der Waals surface area contributed by atoms with Crippen LogP contribution in [0.3, 0.4) is 0 Å². The van der Waals surface area contributed by atoms with Gasteiger partial charge in [0.25, 0.3) is 0 Å². The number of hydrogen-bond donors (Lipinski definition) is 7. The molecule has 0 aliphatic carbocycles. The molecule has 2 aromatic rings. The quantitative estimate of drug-likeness (QED) is 0.205. The normalized spacial score (nSPS) is 9.96. The van der Waals surface area contributed by atoms with E-state index in [1.54, 1.807) is 24.3 Å². The molecule has 0 bridgehead atoms. The fourth-order valence-electron chi connectivity index (χ4n) is 1.61. The third kappa shape index (κ3) is 9.32. The Bertz CT molecular complexity index is 798. The van der Waals surface area contributed by atoms with Crippen LogP contribution in [0, 0.1) is 0 Å². The molecule has 0 atom stereocenters. The Morgan fingerprint density at radius 1 is 0.852 bits per heavy atom. The van der Waals surface area contributed by atoms with Gasteiger partial charge in [0.1, 0.15) is 11.1 Å². The van der Waals surface area contributed by atoms with Gasteiger partial charge < -0.3 is 52.4 Å². The van der Waals surface area contributed by atoms with Crippen LogP contribution in [0.2, 0.25) is 0 Å². The Morgan fingerprint density at radius 2 is 1.11 bits per heavy atom. The molecule has 0 spiro atoms. The highest BCUT2D eigenvalue weighted by atomic mass is 31.2. The van der Waals surface area contributed by atoms with Crippen LogP contribution < -0.4 is 32.7 Å². The van der Waals surface area contributed by atoms with Crippen molar-refractivity contribution < 1.29 is 50.5 Å². The Hall–Kier alpha value is -2.99. The SMILES string of the molecule is Nc1cccc(C(=O)O)c1[NH3+].Nc1cccc(C(=O)O)c1[NH3+].O=P([O-])([O-])O. The molecular formula is C14H19N4O8P. The Kier molecular flexibility index (Phi) is 9.10. The van der Waals surface area contributed by atoms with Crippen LogP contribution in [-0.4, -0.2) is 27.0 Å². The van der Waals surface area contributed by atoms with E-state index in [0.29, 0.717) is 22.7 Å². The highest BCUT2D eigenvalue weighted by molar-refractivity contribution is 7.42. The van der Waals surface area contributed by atoms with Crippen molar-refractivity contribution in [2.75, 3.05) is 11.5 Å². The van der Waals surface area contributed by atoms with Gasteiger partial charge in [-0.15, -0.1) is 0 Å². The zero-order valence-corrected chi connectivity index (χ0v) is 14.8. The molecule has 13 heteroatoms. The summed E-state index contributed by atoms with van der Waals surface area (Å²) in [7, 11) is -5.14. The lowest BCUT2D eigenvalue weighted by Crippen LogP contribution is -2.43. The highest BCUT2D eigenvalue weighted by Gasteiger charge is 2.12. The van der Waals surface area contributed by atoms with Crippen molar-refractivity contribution in [3.63, 3.8) is 0 Å². The third-order valence-electron chi connectivity index (χ3n) is 2.89. The minimum absolute atomic E-state index is 0.157. The fraction of sp³-hybridized carbons (Fsp3) is 0. The summed E-state index contributed by atoms with van der Waals surface area (Å²) in [4.78, 5) is 45.2. The van der Waals surface area contributed by atoms with Gasteiger partial charge in [-0.3, -0.25) is 0 Å². The molecule has 27 heavy (non-hydrogen) atoms. The Balaban J connectivity index is 0.000000405. The smallest absolute Gasteiger partial charge is 0.341 e. The van der Waals surface area contributed by atoms with Crippen molar-refractivity contribution in [2.24, 2.45) is 0 Å². The average molecular weight is 402 g/mol. The summed E-state index contributed by atoms with van der Waals surface area (Å²) in [5.41, 5.74) is 19.8. The minimum atomic E-state index is -5.14. The van der Waals surface area contributed by atoms with Crippen LogP contribution in [0.15, 0.2) is 36.4 Å². The van der Waals surface area contributed by atoms with Crippen molar-refractivity contribution in [1.82, 2.24) is 0 Å². The average Bonchev–Trinajstić information content (AvgIpc) is 2.51. The van der Waals surface area contributed by atoms with E-state index in [1.807, 2.05) is 0 Å². The molecule has 13 N–H and O–H groups in total. The Labute approximate surface area is 152 Å². The molecule has 0 heterocycles. The van der Waals surface area contributed by atoms with Crippen LogP contribution in [0.1, 0.15) is 20.7 Å². The predicted molar refractivity (Wildman–Crippen MR) is 90.5 cm³/mol. The summed E-state index contributed by atoms with van der Waals surface area (Å²) in [6, 6.07) is 9.37. The first-order valence-electron chi connectivity index (χ1n) is 6.88. The second kappa shape index (κ2) is 10.2. The maximum atomic E-state index is 10.5. The number of phosphoric acid groups is 1. The molecule has 12 nitrogen and oxygen atoms in total. The molecule has 0 radical (unpaired) electrons. The predicted octanol–water partition coefficient (Wildman–Crippen LogP) is -2.51. The molecule has 0 aliphatic rings. The van der Waals surface area contributed by atoms with Gasteiger partial charge in [-0.2, -0.15) is 0 Å². The number of carbonyl (C=O) groups is 2. The summed E-state index contributed by atoms with van der Waals surface area (Å²) in [6.45, 7) is 0. The van der Waals surface area contributed by atoms with Crippen molar-refractivity contribution >= 4 is 42.5 Å². The van der Waals surface area contributed by atoms with Crippen LogP contribution >= 0.6 is 7.82 Å². The molecule has 148 valence electrons. The van der Waals surface area contributed by atoms with Gasteiger partial charge in [-0.05, 0) is 24.3 Å². The van der Waals surface area contributed by atoms with E-state index < -0.39 is 19.8 Å². The van der Waals surface area contributed by atoms with Crippen LogP contribution in [-0.2, 0) is 4.57 Å². The second-order valence-corrected chi connectivity index (χ2v) is 5.76. The zero-order valence-electron chi connectivity index (χ0n) is 13.9. The van der Waals surface area contributed by atoms with Crippen LogP contribution in [0.4, 0.5) is 22.7 Å². The van der Waals surface area contributed by atoms with Gasteiger partial charge in [-0.25, -0.2) is 9.59 Å². The van der Waals surface area contributed by atoms with Gasteiger partial charge >= 0.3 is 11.9 Å². The number of hydrogen-bond acceptors (Lipinski definition) is 7. The Morgan fingerprint density at radius 3 is 1.30 bits per heavy atom. The lowest BCUT2D eigenvalue weighted by atomic mass is 10.1. The van der Waals surface area contributed by atoms with Gasteiger partial charge in [-0.1, -0.05) is 12.1 Å². The first-order valence-corrected chi connectivity index (χ1v) is 8.37. The fourth-order valence-corrected chi connectivity index (χ4v) is 1.61. The van der Waals surface area contributed by atoms with E-state index in [9.17, 15) is 9.59 Å². The van der Waals surface area contributed by atoms with Crippen LogP contribution in [0.5, 0.6) is 0 Å². The maximum absolute atomic E-state index is 10.5. The monoisotopic (exact) mass is 402 g/mol. The molecule has 0 aromatic heterocycles. The van der Waals surface area contributed by atoms with Gasteiger partial charge in [0.2, 0.25) is 0 Å². The van der Waals surface area contributed by atoms with E-state index in [1.165, 1.54) is 12.1 Å². The summed E-state index contributed by atoms with van der Waals surface area (Å²) in [5, 5.41) is 17.2. The minimum Gasteiger partial charge on any atom is -0.790 e. The maximum Gasteiger partial charge on any atom is 0.341 e. The van der Waals surface area contributed by atoms with E-state index in [0.717, 1.165) is 0 Å². The number of nitrogen functional groups attached to an aromatic ring is 2. The van der Waals surface area contributed by atoms with Gasteiger partial charge in [0, 0.05) is 0 Å². The number of benzene rings is 2. The first kappa shape index (κ1) is 24.0. The van der Waals surface area contributed by atoms with Crippen molar-refractivity contribution in [1.29, 1.82) is 0 Å². The van der Waals surface area contributed by atoms with E-state index >= 15 is 0 Å². The molecule has 0 unspecified atom stereocenters. The summed E-state index contributed by atoms with van der Waals surface area (Å²) < 4.78 is 8.66. The molecule has 2 rings (SSSR count). The number of carboxylic acid groups (broad SMARTS) is 2. The lowest BCUT2D eigenvalue weighted by Gasteiger charge is -2.19. The lowest BCUT2D eigenvalue weighted by molar-refractivity contribution is -0.337. The van der Waals surface area contributed by atoms with E-state index in [4.69, 9.17) is 40.9 Å². The third-order valence-corrected chi connectivity index (χ3v) is 2.89. The first-order chi connectivity index (χ1) is 12.3. The van der Waals surface area contributed by atoms with Gasteiger partial charge in [0.15, 0.2) is 11.4 Å². The molecule has 0 saturated heterocycles. The second-order valence-electron chi connectivity index (χ2n) is 4.83. The standard InChI is InChI=1S/2C7H8N2O2.H3O4P/c2*8-5-3-1-2-4(6(5)9)7(10)11;1-5(2,3)4/h2*1-3H,8-9H2,(H,10,11);(H3,1,2,3,4). The number of nitrogens with two attached hydrogens (primary N) is 2.